The van der Waals surface area contributed by atoms with Crippen LogP contribution in [-0.4, -0.2) is 13.6 Å². The molecular weight excluding hydrogens is 297 g/mol. The van der Waals surface area contributed by atoms with Gasteiger partial charge in [0.1, 0.15) is 12.4 Å². The van der Waals surface area contributed by atoms with Gasteiger partial charge in [-0.3, -0.25) is 0 Å². The van der Waals surface area contributed by atoms with Crippen LogP contribution in [0.3, 0.4) is 0 Å². The molecule has 0 amide bonds. The van der Waals surface area contributed by atoms with Crippen molar-refractivity contribution in [3.8, 4) is 5.75 Å². The summed E-state index contributed by atoms with van der Waals surface area (Å²) in [6, 6.07) is 2.14. The maximum Gasteiger partial charge on any atom is 1.00 e. The van der Waals surface area contributed by atoms with Gasteiger partial charge in [-0.05, 0) is 18.6 Å². The summed E-state index contributed by atoms with van der Waals surface area (Å²) in [6.07, 6.45) is 0. The zero-order valence-corrected chi connectivity index (χ0v) is 13.8. The van der Waals surface area contributed by atoms with Crippen molar-refractivity contribution in [3.63, 3.8) is 0 Å². The molecule has 0 bridgehead atoms. The summed E-state index contributed by atoms with van der Waals surface area (Å²) < 4.78 is 55.6. The molecule has 0 spiro atoms. The van der Waals surface area contributed by atoms with Crippen molar-refractivity contribution >= 4 is 24.0 Å². The fourth-order valence-electron chi connectivity index (χ4n) is 1.13. The topological polar surface area (TPSA) is 9.23 Å². The van der Waals surface area contributed by atoms with Gasteiger partial charge >= 0.3 is 58.4 Å². The van der Waals surface area contributed by atoms with Crippen LogP contribution in [-0.2, 0) is 0 Å². The number of rotatable bonds is 4. The maximum absolute atomic E-state index is 12.9. The molecule has 0 heterocycles. The molecule has 1 nitrogen and oxygen atoms in total. The van der Waals surface area contributed by atoms with Crippen LogP contribution in [0.25, 0.3) is 0 Å². The molecular formula is C10H9BClF4KO. The van der Waals surface area contributed by atoms with E-state index in [-0.39, 0.29) is 58.0 Å². The predicted octanol–water partition coefficient (Wildman–Crippen LogP) is 0.405. The van der Waals surface area contributed by atoms with Crippen LogP contribution in [0, 0.1) is 5.82 Å². The average Bonchev–Trinajstić information content (AvgIpc) is 2.24. The third kappa shape index (κ3) is 5.63. The normalized spacial score (nSPS) is 12.0. The molecule has 0 atom stereocenters. The van der Waals surface area contributed by atoms with Crippen molar-refractivity contribution in [2.45, 2.75) is 6.92 Å². The monoisotopic (exact) mass is 306 g/mol. The van der Waals surface area contributed by atoms with Gasteiger partial charge in [0.2, 0.25) is 0 Å². The van der Waals surface area contributed by atoms with Crippen LogP contribution >= 0.6 is 11.6 Å². The van der Waals surface area contributed by atoms with Crippen molar-refractivity contribution in [1.82, 2.24) is 0 Å². The Morgan fingerprint density at radius 2 is 2.00 bits per heavy atom. The molecule has 1 rings (SSSR count). The Morgan fingerprint density at radius 1 is 1.39 bits per heavy atom. The molecule has 0 saturated heterocycles. The zero-order valence-electron chi connectivity index (χ0n) is 9.89. The second kappa shape index (κ2) is 7.92. The van der Waals surface area contributed by atoms with E-state index in [0.717, 1.165) is 6.07 Å². The van der Waals surface area contributed by atoms with Crippen LogP contribution in [0.1, 0.15) is 6.92 Å². The number of benzene rings is 1. The first-order chi connectivity index (χ1) is 7.84. The van der Waals surface area contributed by atoms with Gasteiger partial charge in [0, 0.05) is 11.6 Å². The molecule has 0 fully saturated rings. The minimum Gasteiger partial charge on any atom is -0.492 e. The third-order valence-electron chi connectivity index (χ3n) is 1.97. The minimum absolute atomic E-state index is 0. The van der Waals surface area contributed by atoms with Gasteiger partial charge in [-0.25, -0.2) is 4.39 Å². The molecule has 0 aromatic heterocycles. The van der Waals surface area contributed by atoms with Crippen LogP contribution in [0.2, 0.25) is 0 Å². The molecule has 0 aliphatic rings. The van der Waals surface area contributed by atoms with Gasteiger partial charge in [0.05, 0.1) is 5.75 Å². The van der Waals surface area contributed by atoms with E-state index in [2.05, 4.69) is 0 Å². The van der Waals surface area contributed by atoms with E-state index < -0.39 is 24.0 Å². The fourth-order valence-corrected chi connectivity index (χ4v) is 1.19. The van der Waals surface area contributed by atoms with E-state index >= 15 is 0 Å². The van der Waals surface area contributed by atoms with Crippen LogP contribution in [0.15, 0.2) is 29.3 Å². The number of hydrogen-bond donors (Lipinski definition) is 0. The third-order valence-corrected chi connectivity index (χ3v) is 2.34. The minimum atomic E-state index is -5.23. The van der Waals surface area contributed by atoms with E-state index in [1.54, 1.807) is 6.92 Å². The number of halogens is 5. The average molecular weight is 307 g/mol. The summed E-state index contributed by atoms with van der Waals surface area (Å²) in [6.45, 7) is -3.76. The van der Waals surface area contributed by atoms with Crippen molar-refractivity contribution in [2.75, 3.05) is 6.61 Å². The molecule has 0 aliphatic heterocycles. The molecule has 94 valence electrons. The van der Waals surface area contributed by atoms with Crippen molar-refractivity contribution in [2.24, 2.45) is 0 Å². The molecule has 0 saturated carbocycles. The second-order valence-electron chi connectivity index (χ2n) is 3.50. The smallest absolute Gasteiger partial charge is 0.492 e. The first-order valence-corrected chi connectivity index (χ1v) is 5.16. The van der Waals surface area contributed by atoms with Gasteiger partial charge in [-0.2, -0.15) is 0 Å². The van der Waals surface area contributed by atoms with Gasteiger partial charge in [-0.15, -0.1) is 0 Å². The Balaban J connectivity index is 0.00000289. The fraction of sp³-hybridized carbons (Fsp3) is 0.200. The molecule has 0 N–H and O–H groups in total. The standard InChI is InChI=1S/C10H9BClF4O.K/c1-7(5-12)6-17-10-4-8(13)2-3-9(10)11(14,15)16;/h2-5H,6H2,1H3;/q-1;+1/b7-5-;. The predicted molar refractivity (Wildman–Crippen MR) is 60.2 cm³/mol. The van der Waals surface area contributed by atoms with E-state index in [1.807, 2.05) is 0 Å². The van der Waals surface area contributed by atoms with Crippen molar-refractivity contribution < 1.29 is 73.5 Å². The second-order valence-corrected chi connectivity index (χ2v) is 3.72. The SMILES string of the molecule is C/C(=C/Cl)COc1cc(F)ccc1[B-](F)(F)F.[K+]. The summed E-state index contributed by atoms with van der Waals surface area (Å²) >= 11 is 5.34. The van der Waals surface area contributed by atoms with Gasteiger partial charge in [0.25, 0.3) is 0 Å². The molecule has 0 radical (unpaired) electrons. The first kappa shape index (κ1) is 18.5. The Hall–Kier alpha value is 0.471. The van der Waals surface area contributed by atoms with Crippen LogP contribution in [0.5, 0.6) is 5.75 Å². The van der Waals surface area contributed by atoms with Crippen molar-refractivity contribution in [1.29, 1.82) is 0 Å². The molecule has 1 aromatic carbocycles. The Morgan fingerprint density at radius 3 is 2.50 bits per heavy atom. The Labute approximate surface area is 150 Å². The quantitative estimate of drug-likeness (QED) is 0.578. The summed E-state index contributed by atoms with van der Waals surface area (Å²) in [5.41, 5.74) is 0.780. The van der Waals surface area contributed by atoms with Crippen LogP contribution in [0.4, 0.5) is 17.3 Å². The molecule has 0 aliphatic carbocycles. The van der Waals surface area contributed by atoms with Gasteiger partial charge in [-0.1, -0.05) is 23.1 Å². The van der Waals surface area contributed by atoms with E-state index in [0.29, 0.717) is 17.7 Å². The van der Waals surface area contributed by atoms with Crippen molar-refractivity contribution in [3.05, 3.63) is 35.1 Å². The van der Waals surface area contributed by atoms with E-state index in [9.17, 15) is 17.3 Å². The zero-order chi connectivity index (χ0) is 13.1. The molecule has 1 aromatic rings. The number of hydrogen-bond acceptors (Lipinski definition) is 1. The molecule has 18 heavy (non-hydrogen) atoms. The van der Waals surface area contributed by atoms with Gasteiger partial charge < -0.3 is 17.7 Å². The Bertz CT molecular complexity index is 436. The van der Waals surface area contributed by atoms with E-state index in [1.165, 1.54) is 5.54 Å². The molecule has 0 unspecified atom stereocenters. The summed E-state index contributed by atoms with van der Waals surface area (Å²) in [7, 11) is 0. The van der Waals surface area contributed by atoms with E-state index in [4.69, 9.17) is 16.3 Å². The number of ether oxygens (including phenoxy) is 1. The first-order valence-electron chi connectivity index (χ1n) is 4.72. The van der Waals surface area contributed by atoms with Crippen LogP contribution < -0.4 is 61.6 Å². The summed E-state index contributed by atoms with van der Waals surface area (Å²) in [4.78, 5) is 0. The van der Waals surface area contributed by atoms with Gasteiger partial charge in [0.15, 0.2) is 0 Å². The largest absolute Gasteiger partial charge is 1.00 e. The maximum atomic E-state index is 12.9. The molecule has 8 heteroatoms. The summed E-state index contributed by atoms with van der Waals surface area (Å²) in [5, 5.41) is 0. The summed E-state index contributed by atoms with van der Waals surface area (Å²) in [5.74, 6) is -1.30. The Kier molecular flexibility index (Phi) is 8.12.